The Hall–Kier alpha value is -1.09. The van der Waals surface area contributed by atoms with Crippen LogP contribution in [0.15, 0.2) is 0 Å². The fourth-order valence-corrected chi connectivity index (χ4v) is 1.95. The minimum atomic E-state index is -3.45. The molecule has 0 N–H and O–H groups in total. The van der Waals surface area contributed by atoms with Gasteiger partial charge in [-0.05, 0) is 26.7 Å². The van der Waals surface area contributed by atoms with Crippen molar-refractivity contribution in [2.75, 3.05) is 12.8 Å². The first-order valence-electron chi connectivity index (χ1n) is 5.59. The van der Waals surface area contributed by atoms with E-state index in [1.807, 2.05) is 6.07 Å². The molecular formula is C11H18N2O3S. The molecule has 0 aromatic carbocycles. The zero-order valence-electron chi connectivity index (χ0n) is 10.4. The van der Waals surface area contributed by atoms with Crippen LogP contribution in [0, 0.1) is 11.3 Å². The van der Waals surface area contributed by atoms with E-state index in [1.165, 1.54) is 13.8 Å². The predicted molar refractivity (Wildman–Crippen MR) is 63.9 cm³/mol. The first-order valence-corrected chi connectivity index (χ1v) is 7.48. The third-order valence-electron chi connectivity index (χ3n) is 3.16. The summed E-state index contributed by atoms with van der Waals surface area (Å²) in [5, 5.41) is 8.56. The van der Waals surface area contributed by atoms with Crippen molar-refractivity contribution in [2.45, 2.75) is 43.9 Å². The number of carbonyl (C=O) groups excluding carboxylic acids is 1. The topological polar surface area (TPSA) is 78.2 Å². The van der Waals surface area contributed by atoms with Crippen LogP contribution in [-0.4, -0.2) is 42.8 Å². The number of nitrogens with zero attached hydrogens (tertiary/aromatic N) is 2. The first-order chi connectivity index (χ1) is 7.71. The maximum Gasteiger partial charge on any atom is 0.243 e. The summed E-state index contributed by atoms with van der Waals surface area (Å²) < 4.78 is 21.8. The van der Waals surface area contributed by atoms with Gasteiger partial charge in [-0.25, -0.2) is 8.42 Å². The summed E-state index contributed by atoms with van der Waals surface area (Å²) in [6.07, 6.45) is 3.11. The highest BCUT2D eigenvalue weighted by Crippen LogP contribution is 2.30. The molecule has 0 aromatic rings. The Kier molecular flexibility index (Phi) is 3.82. The van der Waals surface area contributed by atoms with Crippen molar-refractivity contribution in [3.63, 3.8) is 0 Å². The SMILES string of the molecule is CC(C)(C(=O)N(CCC#N)C1CC1)S(C)(=O)=O. The van der Waals surface area contributed by atoms with Gasteiger partial charge in [0.15, 0.2) is 9.84 Å². The number of carbonyl (C=O) groups is 1. The molecule has 0 aliphatic heterocycles. The summed E-state index contributed by atoms with van der Waals surface area (Å²) in [6.45, 7) is 3.16. The van der Waals surface area contributed by atoms with E-state index >= 15 is 0 Å². The number of sulfone groups is 1. The molecule has 5 nitrogen and oxygen atoms in total. The van der Waals surface area contributed by atoms with E-state index in [0.29, 0.717) is 6.54 Å². The smallest absolute Gasteiger partial charge is 0.243 e. The minimum absolute atomic E-state index is 0.122. The molecule has 1 aliphatic carbocycles. The predicted octanol–water partition coefficient (Wildman–Crippen LogP) is 0.714. The van der Waals surface area contributed by atoms with Crippen LogP contribution >= 0.6 is 0 Å². The molecule has 1 aliphatic rings. The number of nitriles is 1. The number of hydrogen-bond acceptors (Lipinski definition) is 4. The lowest BCUT2D eigenvalue weighted by Gasteiger charge is -2.30. The summed E-state index contributed by atoms with van der Waals surface area (Å²) in [4.78, 5) is 13.8. The average Bonchev–Trinajstić information content (AvgIpc) is 3.00. The lowest BCUT2D eigenvalue weighted by Crippen LogP contribution is -2.50. The Balaban J connectivity index is 2.89. The molecule has 0 aromatic heterocycles. The highest BCUT2D eigenvalue weighted by molar-refractivity contribution is 7.92. The molecule has 0 bridgehead atoms. The van der Waals surface area contributed by atoms with Gasteiger partial charge in [-0.2, -0.15) is 5.26 Å². The van der Waals surface area contributed by atoms with E-state index in [0.717, 1.165) is 19.1 Å². The van der Waals surface area contributed by atoms with Crippen LogP contribution in [0.3, 0.4) is 0 Å². The van der Waals surface area contributed by atoms with Crippen LogP contribution in [0.4, 0.5) is 0 Å². The fraction of sp³-hybridized carbons (Fsp3) is 0.818. The van der Waals surface area contributed by atoms with Gasteiger partial charge in [0, 0.05) is 18.8 Å². The van der Waals surface area contributed by atoms with Gasteiger partial charge in [-0.15, -0.1) is 0 Å². The molecule has 1 fully saturated rings. The van der Waals surface area contributed by atoms with Crippen molar-refractivity contribution in [1.82, 2.24) is 4.90 Å². The van der Waals surface area contributed by atoms with E-state index in [-0.39, 0.29) is 12.5 Å². The standard InChI is InChI=1S/C11H18N2O3S/c1-11(2,17(3,15)16)10(14)13(8-4-7-12)9-5-6-9/h9H,4-6,8H2,1-3H3. The summed E-state index contributed by atoms with van der Waals surface area (Å²) in [5.41, 5.74) is 0. The lowest BCUT2D eigenvalue weighted by molar-refractivity contribution is -0.133. The van der Waals surface area contributed by atoms with Crippen LogP contribution in [0.5, 0.6) is 0 Å². The molecular weight excluding hydrogens is 240 g/mol. The third kappa shape index (κ3) is 2.97. The van der Waals surface area contributed by atoms with E-state index < -0.39 is 20.5 Å². The molecule has 0 heterocycles. The van der Waals surface area contributed by atoms with E-state index in [9.17, 15) is 13.2 Å². The van der Waals surface area contributed by atoms with Crippen LogP contribution in [-0.2, 0) is 14.6 Å². The number of hydrogen-bond donors (Lipinski definition) is 0. The quantitative estimate of drug-likeness (QED) is 0.727. The number of amides is 1. The number of rotatable bonds is 5. The molecule has 96 valence electrons. The van der Waals surface area contributed by atoms with Gasteiger partial charge in [0.2, 0.25) is 5.91 Å². The second kappa shape index (κ2) is 4.65. The summed E-state index contributed by atoms with van der Waals surface area (Å²) in [7, 11) is -3.45. The van der Waals surface area contributed by atoms with Gasteiger partial charge in [0.25, 0.3) is 0 Å². The molecule has 1 rings (SSSR count). The molecule has 1 amide bonds. The molecule has 0 radical (unpaired) electrons. The van der Waals surface area contributed by atoms with E-state index in [4.69, 9.17) is 5.26 Å². The maximum atomic E-state index is 12.2. The van der Waals surface area contributed by atoms with Crippen LogP contribution in [0.1, 0.15) is 33.1 Å². The van der Waals surface area contributed by atoms with Gasteiger partial charge in [0.05, 0.1) is 12.5 Å². The zero-order chi connectivity index (χ0) is 13.3. The van der Waals surface area contributed by atoms with Crippen molar-refractivity contribution in [3.05, 3.63) is 0 Å². The van der Waals surface area contributed by atoms with Gasteiger partial charge in [-0.3, -0.25) is 4.79 Å². The summed E-state index contributed by atoms with van der Waals surface area (Å²) >= 11 is 0. The largest absolute Gasteiger partial charge is 0.337 e. The maximum absolute atomic E-state index is 12.2. The molecule has 0 atom stereocenters. The molecule has 1 saturated carbocycles. The van der Waals surface area contributed by atoms with Crippen molar-refractivity contribution in [2.24, 2.45) is 0 Å². The lowest BCUT2D eigenvalue weighted by atomic mass is 10.1. The Morgan fingerprint density at radius 2 is 2.00 bits per heavy atom. The Bertz CT molecular complexity index is 444. The van der Waals surface area contributed by atoms with Crippen molar-refractivity contribution in [1.29, 1.82) is 5.26 Å². The molecule has 17 heavy (non-hydrogen) atoms. The second-order valence-electron chi connectivity index (χ2n) is 4.92. The zero-order valence-corrected chi connectivity index (χ0v) is 11.2. The van der Waals surface area contributed by atoms with E-state index in [1.54, 1.807) is 4.90 Å². The normalized spacial score (nSPS) is 16.4. The fourth-order valence-electron chi connectivity index (χ4n) is 1.51. The van der Waals surface area contributed by atoms with Crippen molar-refractivity contribution in [3.8, 4) is 6.07 Å². The Morgan fingerprint density at radius 3 is 2.35 bits per heavy atom. The Morgan fingerprint density at radius 1 is 1.47 bits per heavy atom. The summed E-state index contributed by atoms with van der Waals surface area (Å²) in [5.74, 6) is -0.391. The minimum Gasteiger partial charge on any atom is -0.337 e. The average molecular weight is 258 g/mol. The van der Waals surface area contributed by atoms with Gasteiger partial charge in [0.1, 0.15) is 4.75 Å². The van der Waals surface area contributed by atoms with Crippen molar-refractivity contribution < 1.29 is 13.2 Å². The molecule has 0 saturated heterocycles. The van der Waals surface area contributed by atoms with Crippen molar-refractivity contribution >= 4 is 15.7 Å². The highest BCUT2D eigenvalue weighted by atomic mass is 32.2. The molecule has 0 spiro atoms. The van der Waals surface area contributed by atoms with Crippen LogP contribution < -0.4 is 0 Å². The Labute approximate surface area is 102 Å². The third-order valence-corrected chi connectivity index (χ3v) is 5.18. The van der Waals surface area contributed by atoms with E-state index in [2.05, 4.69) is 0 Å². The second-order valence-corrected chi connectivity index (χ2v) is 7.49. The monoisotopic (exact) mass is 258 g/mol. The summed E-state index contributed by atoms with van der Waals surface area (Å²) in [6, 6.07) is 2.10. The van der Waals surface area contributed by atoms with Crippen LogP contribution in [0.25, 0.3) is 0 Å². The van der Waals surface area contributed by atoms with Gasteiger partial charge < -0.3 is 4.90 Å². The molecule has 0 unspecified atom stereocenters. The first kappa shape index (κ1) is 14.0. The molecule has 6 heteroatoms. The van der Waals surface area contributed by atoms with Crippen LogP contribution in [0.2, 0.25) is 0 Å². The van der Waals surface area contributed by atoms with Gasteiger partial charge >= 0.3 is 0 Å². The highest BCUT2D eigenvalue weighted by Gasteiger charge is 2.45. The van der Waals surface area contributed by atoms with Gasteiger partial charge in [-0.1, -0.05) is 0 Å².